The third-order valence-corrected chi connectivity index (χ3v) is 3.86. The summed E-state index contributed by atoms with van der Waals surface area (Å²) in [6.07, 6.45) is 0.227. The fourth-order valence-corrected chi connectivity index (χ4v) is 2.60. The van der Waals surface area contributed by atoms with Gasteiger partial charge in [0.25, 0.3) is 11.8 Å². The molecular weight excluding hydrogens is 347 g/mol. The largest absolute Gasteiger partial charge is 0.322 e. The minimum absolute atomic E-state index is 0.0873. The lowest BCUT2D eigenvalue weighted by atomic mass is 10.2. The highest BCUT2D eigenvalue weighted by Crippen LogP contribution is 2.13. The average molecular weight is 369 g/mol. The molecule has 1 unspecified atom stereocenters. The van der Waals surface area contributed by atoms with E-state index in [1.165, 1.54) is 24.3 Å². The van der Waals surface area contributed by atoms with Crippen molar-refractivity contribution in [3.05, 3.63) is 60.4 Å². The summed E-state index contributed by atoms with van der Waals surface area (Å²) in [5, 5.41) is 11.5. The van der Waals surface area contributed by atoms with Crippen molar-refractivity contribution in [2.45, 2.75) is 6.42 Å². The van der Waals surface area contributed by atoms with Gasteiger partial charge in [-0.25, -0.2) is 4.39 Å². The van der Waals surface area contributed by atoms with Crippen molar-refractivity contribution in [1.29, 1.82) is 5.26 Å². The van der Waals surface area contributed by atoms with Crippen LogP contribution in [0.5, 0.6) is 0 Å². The summed E-state index contributed by atoms with van der Waals surface area (Å²) in [6, 6.07) is 16.7. The number of hydrogen-bond acceptors (Lipinski definition) is 3. The zero-order valence-electron chi connectivity index (χ0n) is 15.1. The zero-order chi connectivity index (χ0) is 19.6. The molecule has 0 bridgehead atoms. The first-order valence-corrected chi connectivity index (χ1v) is 8.58. The Morgan fingerprint density at radius 3 is 2.41 bits per heavy atom. The van der Waals surface area contributed by atoms with Crippen LogP contribution in [-0.4, -0.2) is 38.5 Å². The van der Waals surface area contributed by atoms with Gasteiger partial charge in [0.05, 0.1) is 19.5 Å². The number of quaternary nitrogens is 1. The van der Waals surface area contributed by atoms with Crippen LogP contribution in [0.3, 0.4) is 0 Å². The van der Waals surface area contributed by atoms with E-state index in [1.54, 1.807) is 11.9 Å². The number of nitrogens with zero attached hydrogens (tertiary/aromatic N) is 2. The van der Waals surface area contributed by atoms with Crippen molar-refractivity contribution >= 4 is 23.2 Å². The van der Waals surface area contributed by atoms with E-state index in [-0.39, 0.29) is 37.1 Å². The smallest absolute Gasteiger partial charge is 0.282 e. The van der Waals surface area contributed by atoms with Gasteiger partial charge < -0.3 is 15.1 Å². The average Bonchev–Trinajstić information content (AvgIpc) is 2.64. The second-order valence-corrected chi connectivity index (χ2v) is 6.15. The van der Waals surface area contributed by atoms with Gasteiger partial charge >= 0.3 is 0 Å². The highest BCUT2D eigenvalue weighted by atomic mass is 19.1. The summed E-state index contributed by atoms with van der Waals surface area (Å²) in [5.74, 6) is -0.807. The van der Waals surface area contributed by atoms with Crippen molar-refractivity contribution in [3.8, 4) is 6.07 Å². The van der Waals surface area contributed by atoms with Crippen LogP contribution in [0.2, 0.25) is 0 Å². The molecule has 2 N–H and O–H groups in total. The van der Waals surface area contributed by atoms with Gasteiger partial charge in [0.1, 0.15) is 5.82 Å². The highest BCUT2D eigenvalue weighted by Gasteiger charge is 2.21. The second-order valence-electron chi connectivity index (χ2n) is 6.15. The SMILES string of the molecule is C[NH+](CC(=O)Nc1ccc(F)cc1)CC(=O)N(CCC#N)c1ccccc1. The first kappa shape index (κ1) is 20.1. The number of benzene rings is 2. The minimum atomic E-state index is -0.375. The van der Waals surface area contributed by atoms with E-state index >= 15 is 0 Å². The van der Waals surface area contributed by atoms with Gasteiger partial charge in [-0.2, -0.15) is 5.26 Å². The Kier molecular flexibility index (Phi) is 7.47. The number of nitrogens with one attached hydrogen (secondary N) is 2. The summed E-state index contributed by atoms with van der Waals surface area (Å²) in [4.78, 5) is 27.0. The van der Waals surface area contributed by atoms with Gasteiger partial charge in [-0.05, 0) is 36.4 Å². The molecule has 1 atom stereocenters. The number of carbonyl (C=O) groups excluding carboxylic acids is 2. The predicted octanol–water partition coefficient (Wildman–Crippen LogP) is 1.23. The van der Waals surface area contributed by atoms with Crippen LogP contribution in [-0.2, 0) is 9.59 Å². The molecule has 0 aliphatic heterocycles. The van der Waals surface area contributed by atoms with Gasteiger partial charge in [0, 0.05) is 17.9 Å². The molecule has 0 aliphatic carbocycles. The van der Waals surface area contributed by atoms with Crippen molar-refractivity contribution in [1.82, 2.24) is 0 Å². The van der Waals surface area contributed by atoms with E-state index in [0.29, 0.717) is 17.1 Å². The first-order valence-electron chi connectivity index (χ1n) is 8.58. The molecule has 0 radical (unpaired) electrons. The third-order valence-electron chi connectivity index (χ3n) is 3.86. The minimum Gasteiger partial charge on any atom is -0.322 e. The van der Waals surface area contributed by atoms with Gasteiger partial charge in [-0.1, -0.05) is 18.2 Å². The number of rotatable bonds is 8. The topological polar surface area (TPSA) is 77.6 Å². The number of anilines is 2. The number of amides is 2. The number of halogens is 1. The molecule has 0 aliphatic rings. The molecule has 0 spiro atoms. The number of para-hydroxylation sites is 1. The van der Waals surface area contributed by atoms with E-state index in [9.17, 15) is 14.0 Å². The van der Waals surface area contributed by atoms with Crippen LogP contribution >= 0.6 is 0 Å². The third kappa shape index (κ3) is 6.53. The van der Waals surface area contributed by atoms with Crippen molar-refractivity contribution < 1.29 is 18.9 Å². The van der Waals surface area contributed by atoms with E-state index in [1.807, 2.05) is 36.4 Å². The van der Waals surface area contributed by atoms with Crippen LogP contribution in [0.25, 0.3) is 0 Å². The molecule has 140 valence electrons. The predicted molar refractivity (Wildman–Crippen MR) is 101 cm³/mol. The van der Waals surface area contributed by atoms with Crippen molar-refractivity contribution in [2.24, 2.45) is 0 Å². The molecule has 2 rings (SSSR count). The van der Waals surface area contributed by atoms with E-state index < -0.39 is 0 Å². The number of nitriles is 1. The quantitative estimate of drug-likeness (QED) is 0.735. The Labute approximate surface area is 157 Å². The van der Waals surface area contributed by atoms with E-state index in [0.717, 1.165) is 5.69 Å². The lowest BCUT2D eigenvalue weighted by Crippen LogP contribution is -3.11. The van der Waals surface area contributed by atoms with Gasteiger partial charge in [0.15, 0.2) is 13.1 Å². The maximum absolute atomic E-state index is 12.9. The molecule has 2 amide bonds. The summed E-state index contributed by atoms with van der Waals surface area (Å²) in [7, 11) is 1.75. The molecule has 0 heterocycles. The van der Waals surface area contributed by atoms with Crippen LogP contribution in [0, 0.1) is 17.1 Å². The van der Waals surface area contributed by atoms with E-state index in [2.05, 4.69) is 5.32 Å². The molecule has 0 aromatic heterocycles. The normalized spacial score (nSPS) is 11.3. The Hall–Kier alpha value is -3.24. The lowest BCUT2D eigenvalue weighted by Gasteiger charge is -2.23. The lowest BCUT2D eigenvalue weighted by molar-refractivity contribution is -0.862. The van der Waals surface area contributed by atoms with Crippen molar-refractivity contribution in [3.63, 3.8) is 0 Å². The summed E-state index contributed by atoms with van der Waals surface area (Å²) < 4.78 is 12.9. The summed E-state index contributed by atoms with van der Waals surface area (Å²) >= 11 is 0. The molecule has 0 saturated carbocycles. The zero-order valence-corrected chi connectivity index (χ0v) is 15.1. The van der Waals surface area contributed by atoms with Crippen molar-refractivity contribution in [2.75, 3.05) is 36.9 Å². The fraction of sp³-hybridized carbons (Fsp3) is 0.250. The molecule has 0 saturated heterocycles. The molecule has 7 heteroatoms. The first-order chi connectivity index (χ1) is 13.0. The number of likely N-dealkylation sites (N-methyl/N-ethyl adjacent to an activating group) is 1. The van der Waals surface area contributed by atoms with Gasteiger partial charge in [-0.15, -0.1) is 0 Å². The van der Waals surface area contributed by atoms with Crippen LogP contribution in [0.15, 0.2) is 54.6 Å². The second kappa shape index (κ2) is 10.0. The molecule has 0 fully saturated rings. The summed E-state index contributed by atoms with van der Waals surface area (Å²) in [6.45, 7) is 0.496. The van der Waals surface area contributed by atoms with Gasteiger partial charge in [-0.3, -0.25) is 9.59 Å². The van der Waals surface area contributed by atoms with Gasteiger partial charge in [0.2, 0.25) is 0 Å². The maximum Gasteiger partial charge on any atom is 0.282 e. The number of carbonyl (C=O) groups is 2. The van der Waals surface area contributed by atoms with Crippen LogP contribution < -0.4 is 15.1 Å². The maximum atomic E-state index is 12.9. The Balaban J connectivity index is 1.92. The molecule has 6 nitrogen and oxygen atoms in total. The number of hydrogen-bond donors (Lipinski definition) is 2. The molecule has 27 heavy (non-hydrogen) atoms. The monoisotopic (exact) mass is 369 g/mol. The van der Waals surface area contributed by atoms with Crippen LogP contribution in [0.4, 0.5) is 15.8 Å². The van der Waals surface area contributed by atoms with Crippen LogP contribution in [0.1, 0.15) is 6.42 Å². The summed E-state index contributed by atoms with van der Waals surface area (Å²) in [5.41, 5.74) is 1.22. The molecule has 2 aromatic rings. The fourth-order valence-electron chi connectivity index (χ4n) is 2.60. The van der Waals surface area contributed by atoms with E-state index in [4.69, 9.17) is 5.26 Å². The Morgan fingerprint density at radius 2 is 1.78 bits per heavy atom. The molecular formula is C20H22FN4O2+. The molecule has 2 aromatic carbocycles. The Bertz CT molecular complexity index is 803. The standard InChI is InChI=1S/C20H21FN4O2/c1-24(14-19(26)23-17-10-8-16(21)9-11-17)15-20(27)25(13-5-12-22)18-6-3-2-4-7-18/h2-4,6-11H,5,13-15H2,1H3,(H,23,26)/p+1. The Morgan fingerprint density at radius 1 is 1.11 bits per heavy atom. The highest BCUT2D eigenvalue weighted by molar-refractivity contribution is 5.94.